The molecule has 1 aromatic rings. The normalized spacial score (nSPS) is 21.6. The summed E-state index contributed by atoms with van der Waals surface area (Å²) in [6, 6.07) is 2.84. The van der Waals surface area contributed by atoms with Crippen molar-refractivity contribution in [2.24, 2.45) is 0 Å². The smallest absolute Gasteiger partial charge is 0.337 e. The van der Waals surface area contributed by atoms with Crippen LogP contribution in [0.1, 0.15) is 19.4 Å². The van der Waals surface area contributed by atoms with Crippen LogP contribution < -0.4 is 0 Å². The van der Waals surface area contributed by atoms with Crippen molar-refractivity contribution < 1.29 is 19.8 Å². The fourth-order valence-electron chi connectivity index (χ4n) is 2.48. The second-order valence-corrected chi connectivity index (χ2v) is 5.38. The number of carbonyl (C=O) groups is 2. The maximum Gasteiger partial charge on any atom is 0.337 e. The third kappa shape index (κ3) is 2.21. The zero-order valence-electron chi connectivity index (χ0n) is 11.8. The highest BCUT2D eigenvalue weighted by atomic mass is 35.5. The van der Waals surface area contributed by atoms with Crippen LogP contribution in [0.15, 0.2) is 41.1 Å². The van der Waals surface area contributed by atoms with Crippen LogP contribution >= 0.6 is 11.6 Å². The Labute approximate surface area is 131 Å². The molecule has 1 aliphatic rings. The fourth-order valence-corrected chi connectivity index (χ4v) is 2.60. The molecule has 2 rings (SSSR count). The third-order valence-electron chi connectivity index (χ3n) is 3.78. The molecular formula is C15H13ClN2O4. The van der Waals surface area contributed by atoms with Crippen molar-refractivity contribution in [1.29, 1.82) is 5.41 Å². The molecule has 1 heterocycles. The molecule has 7 heteroatoms. The number of allylic oxidation sites excluding steroid dienone is 2. The van der Waals surface area contributed by atoms with Gasteiger partial charge in [-0.25, -0.2) is 9.78 Å². The molecule has 1 aliphatic carbocycles. The van der Waals surface area contributed by atoms with Crippen molar-refractivity contribution in [3.05, 3.63) is 51.8 Å². The number of nitrogens with zero attached hydrogens (tertiary/aromatic N) is 1. The van der Waals surface area contributed by atoms with E-state index in [4.69, 9.17) is 17.0 Å². The van der Waals surface area contributed by atoms with Crippen LogP contribution in [-0.2, 0) is 15.0 Å². The molecule has 0 aromatic carbocycles. The lowest BCUT2D eigenvalue weighted by molar-refractivity contribution is -0.139. The van der Waals surface area contributed by atoms with Gasteiger partial charge in [0.05, 0.1) is 11.3 Å². The summed E-state index contributed by atoms with van der Waals surface area (Å²) in [4.78, 5) is 27.2. The highest BCUT2D eigenvalue weighted by molar-refractivity contribution is 6.31. The van der Waals surface area contributed by atoms with Crippen molar-refractivity contribution >= 4 is 29.3 Å². The number of aliphatic carboxylic acids is 2. The number of hydrogen-bond donors (Lipinski definition) is 3. The van der Waals surface area contributed by atoms with E-state index in [-0.39, 0.29) is 16.3 Å². The Balaban J connectivity index is 2.78. The Morgan fingerprint density at radius 1 is 1.27 bits per heavy atom. The quantitative estimate of drug-likeness (QED) is 0.741. The van der Waals surface area contributed by atoms with Crippen molar-refractivity contribution in [3.8, 4) is 0 Å². The van der Waals surface area contributed by atoms with Crippen LogP contribution in [0.3, 0.4) is 0 Å². The molecule has 0 spiro atoms. The van der Waals surface area contributed by atoms with Crippen LogP contribution in [0.5, 0.6) is 0 Å². The van der Waals surface area contributed by atoms with E-state index in [1.54, 1.807) is 13.8 Å². The Hall–Kier alpha value is -2.47. The summed E-state index contributed by atoms with van der Waals surface area (Å²) in [5, 5.41) is 27.4. The molecular weight excluding hydrogens is 308 g/mol. The minimum atomic E-state index is -1.89. The van der Waals surface area contributed by atoms with E-state index in [0.29, 0.717) is 11.1 Å². The molecule has 0 bridgehead atoms. The van der Waals surface area contributed by atoms with E-state index in [0.717, 1.165) is 0 Å². The van der Waals surface area contributed by atoms with E-state index in [1.165, 1.54) is 24.4 Å². The zero-order valence-corrected chi connectivity index (χ0v) is 12.6. The summed E-state index contributed by atoms with van der Waals surface area (Å²) in [5.41, 5.74) is -1.66. The molecule has 0 aliphatic heterocycles. The molecule has 3 N–H and O–H groups in total. The molecule has 1 aromatic heterocycles. The van der Waals surface area contributed by atoms with E-state index < -0.39 is 23.1 Å². The monoisotopic (exact) mass is 320 g/mol. The number of aromatic nitrogens is 1. The first-order chi connectivity index (χ1) is 10.2. The molecule has 0 fully saturated rings. The lowest BCUT2D eigenvalue weighted by Crippen LogP contribution is -2.46. The largest absolute Gasteiger partial charge is 0.480 e. The first-order valence-electron chi connectivity index (χ1n) is 6.30. The summed E-state index contributed by atoms with van der Waals surface area (Å²) >= 11 is 5.71. The highest BCUT2D eigenvalue weighted by Gasteiger charge is 2.48. The average molecular weight is 321 g/mol. The van der Waals surface area contributed by atoms with E-state index in [1.807, 2.05) is 0 Å². The summed E-state index contributed by atoms with van der Waals surface area (Å²) < 4.78 is 0. The number of rotatable bonds is 3. The topological polar surface area (TPSA) is 111 Å². The van der Waals surface area contributed by atoms with Crippen LogP contribution in [0, 0.1) is 5.41 Å². The number of halogens is 1. The number of hydrogen-bond acceptors (Lipinski definition) is 4. The second kappa shape index (κ2) is 5.38. The summed E-state index contributed by atoms with van der Waals surface area (Å²) in [6.07, 6.45) is 2.62. The molecule has 0 radical (unpaired) electrons. The van der Waals surface area contributed by atoms with Crippen molar-refractivity contribution in [1.82, 2.24) is 4.98 Å². The van der Waals surface area contributed by atoms with Gasteiger partial charge in [0.2, 0.25) is 0 Å². The molecule has 1 atom stereocenters. The number of carboxylic acid groups (broad SMARTS) is 2. The lowest BCUT2D eigenvalue weighted by atomic mass is 9.68. The second-order valence-electron chi connectivity index (χ2n) is 4.99. The summed E-state index contributed by atoms with van der Waals surface area (Å²) in [7, 11) is 0. The van der Waals surface area contributed by atoms with Gasteiger partial charge in [0.25, 0.3) is 0 Å². The van der Waals surface area contributed by atoms with Gasteiger partial charge in [-0.3, -0.25) is 4.79 Å². The van der Waals surface area contributed by atoms with Gasteiger partial charge in [-0.2, -0.15) is 0 Å². The Morgan fingerprint density at radius 2 is 1.91 bits per heavy atom. The van der Waals surface area contributed by atoms with Crippen LogP contribution in [0.2, 0.25) is 5.15 Å². The molecule has 0 amide bonds. The minimum Gasteiger partial charge on any atom is -0.480 e. The van der Waals surface area contributed by atoms with Gasteiger partial charge in [0.15, 0.2) is 5.41 Å². The number of pyridine rings is 1. The van der Waals surface area contributed by atoms with Gasteiger partial charge in [0, 0.05) is 6.20 Å². The van der Waals surface area contributed by atoms with Crippen LogP contribution in [-0.4, -0.2) is 32.8 Å². The Morgan fingerprint density at radius 3 is 2.36 bits per heavy atom. The number of carboxylic acids is 2. The molecule has 6 nitrogen and oxygen atoms in total. The van der Waals surface area contributed by atoms with Crippen molar-refractivity contribution in [2.75, 3.05) is 0 Å². The fraction of sp³-hybridized carbons (Fsp3) is 0.200. The summed E-state index contributed by atoms with van der Waals surface area (Å²) in [6.45, 7) is 3.17. The third-order valence-corrected chi connectivity index (χ3v) is 4.00. The van der Waals surface area contributed by atoms with Gasteiger partial charge in [0.1, 0.15) is 5.15 Å². The standard InChI is InChI=1S/C15H13ClN2O4/c1-7-5-15(14(21)22,9-3-4-10(16)18-6-9)12(17)11(8(7)2)13(19)20/h3-6,17H,1-2H3,(H,19,20)(H,21,22). The van der Waals surface area contributed by atoms with Gasteiger partial charge in [-0.15, -0.1) is 0 Å². The molecule has 22 heavy (non-hydrogen) atoms. The molecule has 1 unspecified atom stereocenters. The van der Waals surface area contributed by atoms with Gasteiger partial charge in [-0.1, -0.05) is 23.7 Å². The van der Waals surface area contributed by atoms with E-state index >= 15 is 0 Å². The molecule has 114 valence electrons. The molecule has 0 saturated heterocycles. The van der Waals surface area contributed by atoms with Gasteiger partial charge >= 0.3 is 11.9 Å². The predicted molar refractivity (Wildman–Crippen MR) is 80.4 cm³/mol. The van der Waals surface area contributed by atoms with Gasteiger partial charge < -0.3 is 15.6 Å². The van der Waals surface area contributed by atoms with E-state index in [9.17, 15) is 19.8 Å². The Kier molecular flexibility index (Phi) is 3.89. The highest BCUT2D eigenvalue weighted by Crippen LogP contribution is 2.38. The van der Waals surface area contributed by atoms with Gasteiger partial charge in [-0.05, 0) is 36.6 Å². The number of nitrogens with one attached hydrogen (secondary N) is 1. The predicted octanol–water partition coefficient (Wildman–Crippen LogP) is 2.44. The first kappa shape index (κ1) is 15.9. The zero-order chi connectivity index (χ0) is 16.7. The SMILES string of the molecule is CC1=CC(C(=O)O)(c2ccc(Cl)nc2)C(=N)C(C(=O)O)=C1C. The molecule has 0 saturated carbocycles. The van der Waals surface area contributed by atoms with Crippen LogP contribution in [0.4, 0.5) is 0 Å². The van der Waals surface area contributed by atoms with Crippen molar-refractivity contribution in [3.63, 3.8) is 0 Å². The average Bonchev–Trinajstić information content (AvgIpc) is 2.43. The maximum atomic E-state index is 11.9. The summed E-state index contributed by atoms with van der Waals surface area (Å²) in [5.74, 6) is -2.67. The Bertz CT molecular complexity index is 749. The van der Waals surface area contributed by atoms with E-state index in [2.05, 4.69) is 4.98 Å². The lowest BCUT2D eigenvalue weighted by Gasteiger charge is -2.32. The van der Waals surface area contributed by atoms with Crippen molar-refractivity contribution in [2.45, 2.75) is 19.3 Å². The first-order valence-corrected chi connectivity index (χ1v) is 6.68. The van der Waals surface area contributed by atoms with Crippen LogP contribution in [0.25, 0.3) is 0 Å². The maximum absolute atomic E-state index is 11.9. The minimum absolute atomic E-state index is 0.178.